The van der Waals surface area contributed by atoms with Gasteiger partial charge >= 0.3 is 0 Å². The second kappa shape index (κ2) is 5.00. The van der Waals surface area contributed by atoms with E-state index in [-0.39, 0.29) is 25.0 Å². The fourth-order valence-corrected chi connectivity index (χ4v) is 1.40. The van der Waals surface area contributed by atoms with Gasteiger partial charge in [-0.3, -0.25) is 0 Å². The van der Waals surface area contributed by atoms with Crippen LogP contribution in [-0.2, 0) is 0 Å². The zero-order valence-electron chi connectivity index (χ0n) is 7.85. The van der Waals surface area contributed by atoms with Crippen molar-refractivity contribution in [1.29, 1.82) is 0 Å². The molecule has 0 aliphatic heterocycles. The van der Waals surface area contributed by atoms with Crippen LogP contribution in [0.4, 0.5) is 0 Å². The standard InChI is InChI=1S/C11H16O2/c1-9(11(7-12)8-13)10-5-3-2-4-6-10/h2-6,9,11-13H,7-8H2,1H3. The van der Waals surface area contributed by atoms with Gasteiger partial charge in [-0.05, 0) is 11.5 Å². The molecule has 1 rings (SSSR count). The van der Waals surface area contributed by atoms with Crippen LogP contribution in [0.1, 0.15) is 18.4 Å². The second-order valence-corrected chi connectivity index (χ2v) is 3.32. The summed E-state index contributed by atoms with van der Waals surface area (Å²) in [6, 6.07) is 9.93. The number of benzene rings is 1. The summed E-state index contributed by atoms with van der Waals surface area (Å²) in [6.45, 7) is 2.09. The highest BCUT2D eigenvalue weighted by Gasteiger charge is 2.16. The maximum atomic E-state index is 9.00. The van der Waals surface area contributed by atoms with E-state index >= 15 is 0 Å². The Morgan fingerprint density at radius 3 is 2.08 bits per heavy atom. The molecule has 0 aromatic heterocycles. The molecule has 1 atom stereocenters. The van der Waals surface area contributed by atoms with E-state index in [9.17, 15) is 0 Å². The predicted molar refractivity (Wildman–Crippen MR) is 52.5 cm³/mol. The van der Waals surface area contributed by atoms with Crippen LogP contribution in [0.3, 0.4) is 0 Å². The van der Waals surface area contributed by atoms with Gasteiger partial charge < -0.3 is 10.2 Å². The van der Waals surface area contributed by atoms with E-state index < -0.39 is 0 Å². The highest BCUT2D eigenvalue weighted by atomic mass is 16.3. The van der Waals surface area contributed by atoms with Gasteiger partial charge in [0.25, 0.3) is 0 Å². The molecule has 13 heavy (non-hydrogen) atoms. The smallest absolute Gasteiger partial charge is 0.0486 e. The minimum absolute atomic E-state index is 0.0343. The molecule has 0 spiro atoms. The lowest BCUT2D eigenvalue weighted by Crippen LogP contribution is -2.18. The highest BCUT2D eigenvalue weighted by Crippen LogP contribution is 2.22. The molecular formula is C11H16O2. The van der Waals surface area contributed by atoms with Gasteiger partial charge in [0.15, 0.2) is 0 Å². The molecule has 0 aliphatic rings. The third-order valence-corrected chi connectivity index (χ3v) is 2.50. The Labute approximate surface area is 78.8 Å². The monoisotopic (exact) mass is 180 g/mol. The van der Waals surface area contributed by atoms with Crippen LogP contribution >= 0.6 is 0 Å². The summed E-state index contributed by atoms with van der Waals surface area (Å²) >= 11 is 0. The zero-order chi connectivity index (χ0) is 9.68. The number of rotatable bonds is 4. The van der Waals surface area contributed by atoms with Crippen LogP contribution in [0.25, 0.3) is 0 Å². The largest absolute Gasteiger partial charge is 0.396 e. The van der Waals surface area contributed by atoms with E-state index in [1.807, 2.05) is 37.3 Å². The number of aliphatic hydroxyl groups excluding tert-OH is 2. The lowest BCUT2D eigenvalue weighted by Gasteiger charge is -2.19. The summed E-state index contributed by atoms with van der Waals surface area (Å²) in [5.74, 6) is 0.151. The Morgan fingerprint density at radius 1 is 1.08 bits per heavy atom. The van der Waals surface area contributed by atoms with Crippen molar-refractivity contribution in [3.05, 3.63) is 35.9 Å². The maximum absolute atomic E-state index is 9.00. The van der Waals surface area contributed by atoms with E-state index in [0.717, 1.165) is 5.56 Å². The molecule has 2 N–H and O–H groups in total. The first kappa shape index (κ1) is 10.2. The fourth-order valence-electron chi connectivity index (χ4n) is 1.40. The summed E-state index contributed by atoms with van der Waals surface area (Å²) in [6.07, 6.45) is 0. The molecule has 1 aromatic rings. The normalized spacial score (nSPS) is 13.2. The van der Waals surface area contributed by atoms with E-state index in [2.05, 4.69) is 0 Å². The van der Waals surface area contributed by atoms with Gasteiger partial charge in [0.2, 0.25) is 0 Å². The first-order valence-electron chi connectivity index (χ1n) is 4.56. The molecule has 0 fully saturated rings. The topological polar surface area (TPSA) is 40.5 Å². The Bertz CT molecular complexity index is 229. The fraction of sp³-hybridized carbons (Fsp3) is 0.455. The van der Waals surface area contributed by atoms with Crippen molar-refractivity contribution >= 4 is 0 Å². The summed E-state index contributed by atoms with van der Waals surface area (Å²) in [5.41, 5.74) is 1.16. The van der Waals surface area contributed by atoms with E-state index in [1.165, 1.54) is 0 Å². The van der Waals surface area contributed by atoms with E-state index in [0.29, 0.717) is 0 Å². The second-order valence-electron chi connectivity index (χ2n) is 3.32. The summed E-state index contributed by atoms with van der Waals surface area (Å²) in [5, 5.41) is 18.0. The van der Waals surface area contributed by atoms with Crippen molar-refractivity contribution in [3.8, 4) is 0 Å². The van der Waals surface area contributed by atoms with Crippen LogP contribution in [0.15, 0.2) is 30.3 Å². The Kier molecular flexibility index (Phi) is 3.93. The first-order valence-corrected chi connectivity index (χ1v) is 4.56. The third kappa shape index (κ3) is 2.54. The zero-order valence-corrected chi connectivity index (χ0v) is 7.85. The van der Waals surface area contributed by atoms with Crippen molar-refractivity contribution in [2.45, 2.75) is 12.8 Å². The first-order chi connectivity index (χ1) is 6.29. The van der Waals surface area contributed by atoms with Crippen molar-refractivity contribution in [3.63, 3.8) is 0 Å². The molecule has 0 radical (unpaired) electrons. The lowest BCUT2D eigenvalue weighted by molar-refractivity contribution is 0.134. The van der Waals surface area contributed by atoms with Crippen molar-refractivity contribution in [1.82, 2.24) is 0 Å². The molecule has 0 saturated heterocycles. The van der Waals surface area contributed by atoms with Crippen molar-refractivity contribution < 1.29 is 10.2 Å². The molecule has 0 bridgehead atoms. The molecule has 0 saturated carbocycles. The number of hydrogen-bond acceptors (Lipinski definition) is 2. The predicted octanol–water partition coefficient (Wildman–Crippen LogP) is 1.39. The van der Waals surface area contributed by atoms with Crippen LogP contribution in [0, 0.1) is 5.92 Å². The molecule has 0 heterocycles. The quantitative estimate of drug-likeness (QED) is 0.735. The molecule has 72 valence electrons. The number of hydrogen-bond donors (Lipinski definition) is 2. The summed E-state index contributed by atoms with van der Waals surface area (Å²) in [4.78, 5) is 0. The van der Waals surface area contributed by atoms with Gasteiger partial charge in [-0.15, -0.1) is 0 Å². The van der Waals surface area contributed by atoms with Crippen molar-refractivity contribution in [2.24, 2.45) is 5.92 Å². The Hall–Kier alpha value is -0.860. The molecule has 1 unspecified atom stereocenters. The Morgan fingerprint density at radius 2 is 1.62 bits per heavy atom. The average molecular weight is 180 g/mol. The maximum Gasteiger partial charge on any atom is 0.0486 e. The van der Waals surface area contributed by atoms with Gasteiger partial charge in [0, 0.05) is 19.1 Å². The van der Waals surface area contributed by atoms with E-state index in [1.54, 1.807) is 0 Å². The number of aliphatic hydroxyl groups is 2. The van der Waals surface area contributed by atoms with Crippen molar-refractivity contribution in [2.75, 3.05) is 13.2 Å². The highest BCUT2D eigenvalue weighted by molar-refractivity contribution is 5.19. The Balaban J connectivity index is 2.72. The SMILES string of the molecule is CC(c1ccccc1)C(CO)CO. The van der Waals surface area contributed by atoms with Gasteiger partial charge in [0.1, 0.15) is 0 Å². The van der Waals surface area contributed by atoms with Gasteiger partial charge in [0.05, 0.1) is 0 Å². The molecule has 2 nitrogen and oxygen atoms in total. The summed E-state index contributed by atoms with van der Waals surface area (Å²) in [7, 11) is 0. The minimum Gasteiger partial charge on any atom is -0.396 e. The van der Waals surface area contributed by atoms with Crippen LogP contribution in [0.2, 0.25) is 0 Å². The van der Waals surface area contributed by atoms with Gasteiger partial charge in [-0.1, -0.05) is 37.3 Å². The molecule has 2 heteroatoms. The van der Waals surface area contributed by atoms with Crippen LogP contribution < -0.4 is 0 Å². The average Bonchev–Trinajstić information content (AvgIpc) is 2.21. The van der Waals surface area contributed by atoms with Crippen LogP contribution in [0.5, 0.6) is 0 Å². The van der Waals surface area contributed by atoms with Gasteiger partial charge in [-0.25, -0.2) is 0 Å². The molecule has 0 amide bonds. The summed E-state index contributed by atoms with van der Waals surface area (Å²) < 4.78 is 0. The van der Waals surface area contributed by atoms with Gasteiger partial charge in [-0.2, -0.15) is 0 Å². The third-order valence-electron chi connectivity index (χ3n) is 2.50. The van der Waals surface area contributed by atoms with Crippen LogP contribution in [-0.4, -0.2) is 23.4 Å². The lowest BCUT2D eigenvalue weighted by atomic mass is 9.89. The van der Waals surface area contributed by atoms with E-state index in [4.69, 9.17) is 10.2 Å². The molecular weight excluding hydrogens is 164 g/mol. The molecule has 1 aromatic carbocycles. The minimum atomic E-state index is -0.0533. The molecule has 0 aliphatic carbocycles.